The van der Waals surface area contributed by atoms with Crippen molar-refractivity contribution < 1.29 is 18.7 Å². The van der Waals surface area contributed by atoms with Crippen molar-refractivity contribution in [3.8, 4) is 0 Å². The third-order valence-corrected chi connectivity index (χ3v) is 3.81. The Morgan fingerprint density at radius 2 is 2.08 bits per heavy atom. The quantitative estimate of drug-likeness (QED) is 0.806. The number of aromatic amines is 1. The Hall–Kier alpha value is -2.41. The summed E-state index contributed by atoms with van der Waals surface area (Å²) in [5.41, 5.74) is 1.02. The summed E-state index contributed by atoms with van der Waals surface area (Å²) >= 11 is 6.05. The lowest BCUT2D eigenvalue weighted by Crippen LogP contribution is -2.16. The molecule has 0 saturated heterocycles. The molecule has 0 spiro atoms. The van der Waals surface area contributed by atoms with E-state index in [2.05, 4.69) is 15.5 Å². The van der Waals surface area contributed by atoms with E-state index in [1.165, 1.54) is 6.07 Å². The van der Waals surface area contributed by atoms with Crippen LogP contribution in [0.5, 0.6) is 0 Å². The van der Waals surface area contributed by atoms with Crippen LogP contribution in [0, 0.1) is 12.7 Å². The molecule has 6 nitrogen and oxygen atoms in total. The van der Waals surface area contributed by atoms with Crippen LogP contribution >= 0.6 is 11.6 Å². The highest BCUT2D eigenvalue weighted by Gasteiger charge is 2.20. The Kier molecular flexibility index (Phi) is 5.56. The maximum absolute atomic E-state index is 14.1. The highest BCUT2D eigenvalue weighted by Crippen LogP contribution is 2.24. The molecule has 24 heavy (non-hydrogen) atoms. The van der Waals surface area contributed by atoms with Crippen molar-refractivity contribution in [2.75, 3.05) is 11.9 Å². The van der Waals surface area contributed by atoms with Crippen LogP contribution in [0.2, 0.25) is 5.02 Å². The minimum atomic E-state index is -0.673. The molecule has 128 valence electrons. The van der Waals surface area contributed by atoms with Crippen LogP contribution in [0.15, 0.2) is 12.1 Å². The number of nitrogens with zero attached hydrogens (tertiary/aromatic N) is 1. The van der Waals surface area contributed by atoms with Gasteiger partial charge in [0.05, 0.1) is 28.6 Å². The van der Waals surface area contributed by atoms with Gasteiger partial charge in [0.25, 0.3) is 5.91 Å². The van der Waals surface area contributed by atoms with Crippen molar-refractivity contribution >= 4 is 29.2 Å². The average Bonchev–Trinajstić information content (AvgIpc) is 2.90. The zero-order valence-electron chi connectivity index (χ0n) is 13.5. The molecule has 0 aliphatic carbocycles. The van der Waals surface area contributed by atoms with Gasteiger partial charge in [0.1, 0.15) is 5.82 Å². The molecule has 2 rings (SSSR count). The maximum atomic E-state index is 14.1. The van der Waals surface area contributed by atoms with Crippen molar-refractivity contribution in [1.29, 1.82) is 0 Å². The Balaban J connectivity index is 2.31. The second kappa shape index (κ2) is 7.44. The second-order valence-electron chi connectivity index (χ2n) is 5.04. The number of nitrogens with one attached hydrogen (secondary N) is 2. The van der Waals surface area contributed by atoms with Gasteiger partial charge in [0.15, 0.2) is 5.69 Å². The molecule has 0 aliphatic heterocycles. The number of halogens is 2. The summed E-state index contributed by atoms with van der Waals surface area (Å²) in [5, 5.41) is 9.05. The minimum absolute atomic E-state index is 0.0359. The number of benzene rings is 1. The van der Waals surface area contributed by atoms with E-state index in [4.69, 9.17) is 16.3 Å². The first-order valence-electron chi connectivity index (χ1n) is 7.40. The fraction of sp³-hybridized carbons (Fsp3) is 0.312. The zero-order valence-corrected chi connectivity index (χ0v) is 14.3. The number of carbonyl (C=O) groups is 2. The van der Waals surface area contributed by atoms with E-state index in [-0.39, 0.29) is 28.6 Å². The molecule has 2 aromatic rings. The van der Waals surface area contributed by atoms with E-state index in [1.54, 1.807) is 13.8 Å². The van der Waals surface area contributed by atoms with E-state index in [0.29, 0.717) is 17.7 Å². The standard InChI is InChI=1S/C16H17ClFN3O3/c1-4-11-13(17)14(21-20-11)15(22)19-12-7-9(16(23)24-5-2)8(3)6-10(12)18/h6-7H,4-5H2,1-3H3,(H,19,22)(H,20,21). The molecule has 1 aromatic heterocycles. The van der Waals surface area contributed by atoms with Gasteiger partial charge in [-0.2, -0.15) is 5.10 Å². The summed E-state index contributed by atoms with van der Waals surface area (Å²) in [6.07, 6.45) is 0.574. The lowest BCUT2D eigenvalue weighted by Gasteiger charge is -2.10. The first-order valence-corrected chi connectivity index (χ1v) is 7.78. The number of anilines is 1. The summed E-state index contributed by atoms with van der Waals surface area (Å²) in [6.45, 7) is 5.30. The fourth-order valence-electron chi connectivity index (χ4n) is 2.13. The molecule has 2 N–H and O–H groups in total. The van der Waals surface area contributed by atoms with E-state index in [0.717, 1.165) is 6.07 Å². The van der Waals surface area contributed by atoms with Gasteiger partial charge in [0, 0.05) is 0 Å². The Morgan fingerprint density at radius 3 is 2.67 bits per heavy atom. The molecule has 8 heteroatoms. The lowest BCUT2D eigenvalue weighted by atomic mass is 10.1. The van der Waals surface area contributed by atoms with Crippen LogP contribution in [0.25, 0.3) is 0 Å². The monoisotopic (exact) mass is 353 g/mol. The van der Waals surface area contributed by atoms with Crippen LogP contribution in [0.1, 0.15) is 46.0 Å². The van der Waals surface area contributed by atoms with Crippen LogP contribution in [0.4, 0.5) is 10.1 Å². The van der Waals surface area contributed by atoms with Crippen LogP contribution in [0.3, 0.4) is 0 Å². The van der Waals surface area contributed by atoms with Gasteiger partial charge in [-0.15, -0.1) is 0 Å². The molecular weight excluding hydrogens is 337 g/mol. The normalized spacial score (nSPS) is 10.5. The van der Waals surface area contributed by atoms with Crippen LogP contribution in [-0.2, 0) is 11.2 Å². The largest absolute Gasteiger partial charge is 0.462 e. The number of ether oxygens (including phenoxy) is 1. The number of hydrogen-bond donors (Lipinski definition) is 2. The van der Waals surface area contributed by atoms with Gasteiger partial charge in [-0.25, -0.2) is 9.18 Å². The van der Waals surface area contributed by atoms with Crippen molar-refractivity contribution in [1.82, 2.24) is 10.2 Å². The molecule has 0 saturated carbocycles. The number of H-pyrrole nitrogens is 1. The summed E-state index contributed by atoms with van der Waals surface area (Å²) in [6, 6.07) is 2.40. The molecule has 1 amide bonds. The maximum Gasteiger partial charge on any atom is 0.338 e. The second-order valence-corrected chi connectivity index (χ2v) is 5.42. The lowest BCUT2D eigenvalue weighted by molar-refractivity contribution is 0.0525. The number of esters is 1. The highest BCUT2D eigenvalue weighted by molar-refractivity contribution is 6.34. The van der Waals surface area contributed by atoms with Gasteiger partial charge in [-0.1, -0.05) is 18.5 Å². The fourth-order valence-corrected chi connectivity index (χ4v) is 2.43. The zero-order chi connectivity index (χ0) is 17.9. The third-order valence-electron chi connectivity index (χ3n) is 3.40. The third kappa shape index (κ3) is 3.56. The number of aryl methyl sites for hydroxylation is 2. The average molecular weight is 354 g/mol. The first-order chi connectivity index (χ1) is 11.4. The molecule has 0 unspecified atom stereocenters. The molecule has 1 aromatic carbocycles. The number of amides is 1. The summed E-state index contributed by atoms with van der Waals surface area (Å²) in [4.78, 5) is 24.1. The van der Waals surface area contributed by atoms with Crippen LogP contribution in [-0.4, -0.2) is 28.7 Å². The van der Waals surface area contributed by atoms with Gasteiger partial charge in [-0.05, 0) is 38.0 Å². The smallest absolute Gasteiger partial charge is 0.338 e. The van der Waals surface area contributed by atoms with Crippen molar-refractivity contribution in [3.05, 3.63) is 45.5 Å². The Morgan fingerprint density at radius 1 is 1.38 bits per heavy atom. The topological polar surface area (TPSA) is 84.1 Å². The van der Waals surface area contributed by atoms with Crippen molar-refractivity contribution in [3.63, 3.8) is 0 Å². The summed E-state index contributed by atoms with van der Waals surface area (Å²) in [7, 11) is 0. The molecule has 0 bridgehead atoms. The van der Waals surface area contributed by atoms with E-state index in [1.807, 2.05) is 6.92 Å². The first kappa shape index (κ1) is 17.9. The van der Waals surface area contributed by atoms with Gasteiger partial charge in [-0.3, -0.25) is 9.89 Å². The highest BCUT2D eigenvalue weighted by atomic mass is 35.5. The Bertz CT molecular complexity index is 789. The van der Waals surface area contributed by atoms with Gasteiger partial charge in [0.2, 0.25) is 0 Å². The van der Waals surface area contributed by atoms with Crippen LogP contribution < -0.4 is 5.32 Å². The predicted molar refractivity (Wildman–Crippen MR) is 88.0 cm³/mol. The van der Waals surface area contributed by atoms with E-state index >= 15 is 0 Å². The van der Waals surface area contributed by atoms with E-state index in [9.17, 15) is 14.0 Å². The molecular formula is C16H17ClFN3O3. The number of hydrogen-bond acceptors (Lipinski definition) is 4. The minimum Gasteiger partial charge on any atom is -0.462 e. The molecule has 0 fully saturated rings. The van der Waals surface area contributed by atoms with Crippen molar-refractivity contribution in [2.45, 2.75) is 27.2 Å². The summed E-state index contributed by atoms with van der Waals surface area (Å²) in [5.74, 6) is -1.93. The number of rotatable bonds is 5. The molecule has 0 aliphatic rings. The van der Waals surface area contributed by atoms with Gasteiger partial charge >= 0.3 is 5.97 Å². The van der Waals surface area contributed by atoms with Crippen molar-refractivity contribution in [2.24, 2.45) is 0 Å². The molecule has 1 heterocycles. The number of carbonyl (C=O) groups excluding carboxylic acids is 2. The number of aromatic nitrogens is 2. The molecule has 0 atom stereocenters. The SMILES string of the molecule is CCOC(=O)c1cc(NC(=O)c2n[nH]c(CC)c2Cl)c(F)cc1C. The summed E-state index contributed by atoms with van der Waals surface area (Å²) < 4.78 is 19.0. The predicted octanol–water partition coefficient (Wildman–Crippen LogP) is 3.50. The Labute approximate surface area is 143 Å². The molecule has 0 radical (unpaired) electrons. The van der Waals surface area contributed by atoms with E-state index < -0.39 is 17.7 Å². The van der Waals surface area contributed by atoms with Gasteiger partial charge < -0.3 is 10.1 Å².